The fourth-order valence-electron chi connectivity index (χ4n) is 4.39. The summed E-state index contributed by atoms with van der Waals surface area (Å²) in [6.45, 7) is 1.92. The van der Waals surface area contributed by atoms with Gasteiger partial charge in [-0.05, 0) is 90.8 Å². The van der Waals surface area contributed by atoms with Crippen molar-refractivity contribution in [3.05, 3.63) is 57.7 Å². The molecule has 2 heterocycles. The first-order valence-corrected chi connectivity index (χ1v) is 12.0. The average Bonchev–Trinajstić information content (AvgIpc) is 3.67. The highest BCUT2D eigenvalue weighted by molar-refractivity contribution is 14.1. The van der Waals surface area contributed by atoms with Gasteiger partial charge >= 0.3 is 0 Å². The maximum absolute atomic E-state index is 13.2. The summed E-state index contributed by atoms with van der Waals surface area (Å²) in [4.78, 5) is 19.8. The molecule has 32 heavy (non-hydrogen) atoms. The van der Waals surface area contributed by atoms with Crippen LogP contribution < -0.4 is 15.0 Å². The number of nitrogens with zero attached hydrogens (tertiary/aromatic N) is 2. The van der Waals surface area contributed by atoms with Crippen molar-refractivity contribution in [1.82, 2.24) is 4.98 Å². The number of carbonyl (C=O) groups excluding carboxylic acids is 1. The van der Waals surface area contributed by atoms with Crippen molar-refractivity contribution in [3.63, 3.8) is 0 Å². The van der Waals surface area contributed by atoms with E-state index in [2.05, 4.69) is 43.9 Å². The molecular formula is C24H24F2IN3O2. The number of hydrogen-bond donors (Lipinski definition) is 1. The Bertz CT molecular complexity index is 1070. The lowest BCUT2D eigenvalue weighted by molar-refractivity contribution is 0.102. The summed E-state index contributed by atoms with van der Waals surface area (Å²) in [7, 11) is 0. The van der Waals surface area contributed by atoms with Gasteiger partial charge in [0, 0.05) is 28.8 Å². The Balaban J connectivity index is 1.32. The number of amides is 1. The minimum absolute atomic E-state index is 0.214. The first kappa shape index (κ1) is 21.6. The number of rotatable bonds is 6. The van der Waals surface area contributed by atoms with Crippen LogP contribution in [0.2, 0.25) is 0 Å². The molecule has 3 aliphatic rings. The molecule has 1 aromatic carbocycles. The number of hydrogen-bond acceptors (Lipinski definition) is 4. The van der Waals surface area contributed by atoms with E-state index in [0.717, 1.165) is 28.4 Å². The molecule has 3 fully saturated rings. The molecule has 1 aliphatic heterocycles. The maximum Gasteiger partial charge on any atom is 0.270 e. The molecule has 0 unspecified atom stereocenters. The predicted molar refractivity (Wildman–Crippen MR) is 127 cm³/mol. The van der Waals surface area contributed by atoms with Crippen LogP contribution in [0.15, 0.2) is 48.6 Å². The lowest BCUT2D eigenvalue weighted by atomic mass is 9.93. The number of benzene rings is 1. The standard InChI is InChI=1S/C24H24F2IN3O2/c25-19(26)15-24(8-9-24)32-21-3-1-2-20(28-21)29-22(31)17-5-4-16(27)14-18(17)30-12-10-23(6-7-23)11-13-30/h1-5,14-15H,6-13H2,(H,28,29,31). The van der Waals surface area contributed by atoms with E-state index in [4.69, 9.17) is 4.74 Å². The zero-order chi connectivity index (χ0) is 22.3. The Hall–Kier alpha value is -2.23. The van der Waals surface area contributed by atoms with Crippen LogP contribution >= 0.6 is 22.6 Å². The molecule has 2 aliphatic carbocycles. The molecular weight excluding hydrogens is 527 g/mol. The van der Waals surface area contributed by atoms with Crippen molar-refractivity contribution < 1.29 is 18.3 Å². The van der Waals surface area contributed by atoms with E-state index in [9.17, 15) is 13.6 Å². The summed E-state index contributed by atoms with van der Waals surface area (Å²) in [6, 6.07) is 10.8. The highest BCUT2D eigenvalue weighted by Crippen LogP contribution is 2.54. The van der Waals surface area contributed by atoms with Gasteiger partial charge in [-0.3, -0.25) is 4.79 Å². The monoisotopic (exact) mass is 551 g/mol. The fraction of sp³-hybridized carbons (Fsp3) is 0.417. The second kappa shape index (κ2) is 8.28. The van der Waals surface area contributed by atoms with Crippen LogP contribution in [-0.2, 0) is 0 Å². The van der Waals surface area contributed by atoms with E-state index in [1.165, 1.54) is 25.7 Å². The van der Waals surface area contributed by atoms with Crippen LogP contribution in [0.5, 0.6) is 5.88 Å². The zero-order valence-electron chi connectivity index (χ0n) is 17.5. The Morgan fingerprint density at radius 1 is 1.09 bits per heavy atom. The SMILES string of the molecule is O=C(Nc1cccc(OC2(C=C(F)F)CC2)n1)c1ccc(I)cc1N1CCC2(CC1)CC2. The van der Waals surface area contributed by atoms with Gasteiger partial charge in [0.25, 0.3) is 12.0 Å². The number of halogens is 3. The van der Waals surface area contributed by atoms with Gasteiger partial charge in [0.2, 0.25) is 5.88 Å². The molecule has 1 aromatic heterocycles. The lowest BCUT2D eigenvalue weighted by Gasteiger charge is -2.35. The van der Waals surface area contributed by atoms with E-state index in [0.29, 0.717) is 29.6 Å². The fourth-order valence-corrected chi connectivity index (χ4v) is 4.86. The van der Waals surface area contributed by atoms with Gasteiger partial charge in [0.05, 0.1) is 11.3 Å². The summed E-state index contributed by atoms with van der Waals surface area (Å²) in [5.41, 5.74) is 1.12. The summed E-state index contributed by atoms with van der Waals surface area (Å²) in [5, 5.41) is 2.85. The van der Waals surface area contributed by atoms with Gasteiger partial charge in [0.1, 0.15) is 11.4 Å². The van der Waals surface area contributed by atoms with Gasteiger partial charge in [-0.2, -0.15) is 13.8 Å². The molecule has 8 heteroatoms. The number of ether oxygens (including phenoxy) is 1. The van der Waals surface area contributed by atoms with Crippen LogP contribution in [0.1, 0.15) is 48.9 Å². The van der Waals surface area contributed by atoms with Gasteiger partial charge < -0.3 is 15.0 Å². The highest BCUT2D eigenvalue weighted by Gasteiger charge is 2.45. The molecule has 168 valence electrons. The van der Waals surface area contributed by atoms with E-state index < -0.39 is 11.7 Å². The largest absolute Gasteiger partial charge is 0.467 e. The van der Waals surface area contributed by atoms with Gasteiger partial charge in [-0.1, -0.05) is 6.07 Å². The quantitative estimate of drug-likeness (QED) is 0.447. The second-order valence-corrected chi connectivity index (χ2v) is 10.3. The highest BCUT2D eigenvalue weighted by atomic mass is 127. The van der Waals surface area contributed by atoms with Gasteiger partial charge in [-0.25, -0.2) is 0 Å². The molecule has 0 atom stereocenters. The number of nitrogens with one attached hydrogen (secondary N) is 1. The number of piperidine rings is 1. The summed E-state index contributed by atoms with van der Waals surface area (Å²) in [6.07, 6.45) is 5.13. The van der Waals surface area contributed by atoms with Crippen molar-refractivity contribution >= 4 is 40.0 Å². The number of pyridine rings is 1. The number of aromatic nitrogens is 1. The Morgan fingerprint density at radius 2 is 1.84 bits per heavy atom. The molecule has 0 bridgehead atoms. The minimum atomic E-state index is -1.76. The van der Waals surface area contributed by atoms with E-state index in [-0.39, 0.29) is 11.8 Å². The molecule has 1 spiro atoms. The van der Waals surface area contributed by atoms with E-state index >= 15 is 0 Å². The number of anilines is 2. The van der Waals surface area contributed by atoms with E-state index in [1.807, 2.05) is 12.1 Å². The Labute approximate surface area is 199 Å². The van der Waals surface area contributed by atoms with E-state index in [1.54, 1.807) is 18.2 Å². The molecule has 2 saturated carbocycles. The molecule has 2 aromatic rings. The Morgan fingerprint density at radius 3 is 2.50 bits per heavy atom. The van der Waals surface area contributed by atoms with Crippen LogP contribution in [0.25, 0.3) is 0 Å². The molecule has 1 amide bonds. The van der Waals surface area contributed by atoms with Crippen molar-refractivity contribution in [3.8, 4) is 5.88 Å². The third kappa shape index (κ3) is 4.74. The first-order valence-electron chi connectivity index (χ1n) is 10.9. The van der Waals surface area contributed by atoms with Crippen molar-refractivity contribution in [2.24, 2.45) is 5.41 Å². The van der Waals surface area contributed by atoms with Gasteiger partial charge in [0.15, 0.2) is 0 Å². The summed E-state index contributed by atoms with van der Waals surface area (Å²) in [5.74, 6) is 0.295. The molecule has 5 nitrogen and oxygen atoms in total. The van der Waals surface area contributed by atoms with Crippen molar-refractivity contribution in [1.29, 1.82) is 0 Å². The van der Waals surface area contributed by atoms with Gasteiger partial charge in [-0.15, -0.1) is 0 Å². The normalized spacial score (nSPS) is 19.9. The van der Waals surface area contributed by atoms with Crippen LogP contribution in [0, 0.1) is 8.99 Å². The van der Waals surface area contributed by atoms with Crippen molar-refractivity contribution in [2.75, 3.05) is 23.3 Å². The average molecular weight is 551 g/mol. The first-order chi connectivity index (χ1) is 15.4. The lowest BCUT2D eigenvalue weighted by Crippen LogP contribution is -2.35. The minimum Gasteiger partial charge on any atom is -0.467 e. The molecule has 1 N–H and O–H groups in total. The summed E-state index contributed by atoms with van der Waals surface area (Å²) >= 11 is 2.27. The van der Waals surface area contributed by atoms with Crippen LogP contribution in [0.3, 0.4) is 0 Å². The summed E-state index contributed by atoms with van der Waals surface area (Å²) < 4.78 is 32.1. The molecule has 1 saturated heterocycles. The zero-order valence-corrected chi connectivity index (χ0v) is 19.7. The third-order valence-corrected chi connectivity index (χ3v) is 7.39. The van der Waals surface area contributed by atoms with Crippen LogP contribution in [-0.4, -0.2) is 29.6 Å². The topological polar surface area (TPSA) is 54.5 Å². The molecule has 5 rings (SSSR count). The maximum atomic E-state index is 13.2. The smallest absolute Gasteiger partial charge is 0.270 e. The predicted octanol–water partition coefficient (Wildman–Crippen LogP) is 6.01. The molecule has 0 radical (unpaired) electrons. The van der Waals surface area contributed by atoms with Crippen molar-refractivity contribution in [2.45, 2.75) is 44.1 Å². The van der Waals surface area contributed by atoms with Crippen LogP contribution in [0.4, 0.5) is 20.3 Å². The third-order valence-electron chi connectivity index (χ3n) is 6.71. The Kier molecular flexibility index (Phi) is 5.59. The second-order valence-electron chi connectivity index (χ2n) is 9.06. The number of carbonyl (C=O) groups is 1.